The Kier molecular flexibility index (Phi) is 3.34. The van der Waals surface area contributed by atoms with Crippen molar-refractivity contribution in [3.8, 4) is 0 Å². The van der Waals surface area contributed by atoms with Gasteiger partial charge < -0.3 is 5.73 Å². The molecule has 1 aromatic heterocycles. The minimum atomic E-state index is -0.228. The lowest BCUT2D eigenvalue weighted by Gasteiger charge is -2.30. The van der Waals surface area contributed by atoms with Crippen LogP contribution in [0.4, 0.5) is 0 Å². The van der Waals surface area contributed by atoms with Crippen LogP contribution in [0.15, 0.2) is 48.8 Å². The quantitative estimate of drug-likeness (QED) is 0.834. The van der Waals surface area contributed by atoms with Crippen LogP contribution in [0.25, 0.3) is 0 Å². The van der Waals surface area contributed by atoms with Crippen LogP contribution in [0.2, 0.25) is 0 Å². The molecule has 98 valence electrons. The van der Waals surface area contributed by atoms with E-state index in [0.717, 1.165) is 19.3 Å². The topological polar surface area (TPSA) is 38.9 Å². The van der Waals surface area contributed by atoms with Crippen molar-refractivity contribution in [2.75, 3.05) is 0 Å². The molecule has 0 aliphatic heterocycles. The predicted molar refractivity (Wildman–Crippen MR) is 77.8 cm³/mol. The lowest BCUT2D eigenvalue weighted by Crippen LogP contribution is -2.39. The van der Waals surface area contributed by atoms with Gasteiger partial charge in [-0.25, -0.2) is 0 Å². The minimum absolute atomic E-state index is 0.228. The van der Waals surface area contributed by atoms with Gasteiger partial charge in [0.15, 0.2) is 0 Å². The molecule has 19 heavy (non-hydrogen) atoms. The van der Waals surface area contributed by atoms with Gasteiger partial charge in [-0.15, -0.1) is 0 Å². The maximum Gasteiger partial charge on any atom is 0.0453 e. The first kappa shape index (κ1) is 12.4. The minimum Gasteiger partial charge on any atom is -0.321 e. The average molecular weight is 252 g/mol. The molecule has 1 heterocycles. The second-order valence-corrected chi connectivity index (χ2v) is 5.55. The van der Waals surface area contributed by atoms with E-state index in [4.69, 9.17) is 5.73 Å². The van der Waals surface area contributed by atoms with Gasteiger partial charge in [-0.05, 0) is 54.5 Å². The number of aromatic nitrogens is 1. The van der Waals surface area contributed by atoms with Crippen LogP contribution in [-0.2, 0) is 18.4 Å². The van der Waals surface area contributed by atoms with Gasteiger partial charge in [0.1, 0.15) is 0 Å². The van der Waals surface area contributed by atoms with Crippen LogP contribution >= 0.6 is 0 Å². The summed E-state index contributed by atoms with van der Waals surface area (Å²) in [6, 6.07) is 12.8. The number of fused-ring (bicyclic) bond motifs is 1. The molecule has 1 aromatic carbocycles. The molecule has 2 N–H and O–H groups in total. The molecule has 2 nitrogen and oxygen atoms in total. The van der Waals surface area contributed by atoms with Gasteiger partial charge in [-0.2, -0.15) is 0 Å². The maximum absolute atomic E-state index is 6.78. The van der Waals surface area contributed by atoms with Crippen molar-refractivity contribution >= 4 is 0 Å². The van der Waals surface area contributed by atoms with Gasteiger partial charge in [0.05, 0.1) is 0 Å². The average Bonchev–Trinajstić information content (AvgIpc) is 2.60. The van der Waals surface area contributed by atoms with Crippen molar-refractivity contribution in [1.29, 1.82) is 0 Å². The van der Waals surface area contributed by atoms with Crippen molar-refractivity contribution in [3.05, 3.63) is 65.5 Å². The Hall–Kier alpha value is -1.67. The second-order valence-electron chi connectivity index (χ2n) is 5.55. The first-order chi connectivity index (χ1) is 9.28. The molecule has 0 saturated heterocycles. The van der Waals surface area contributed by atoms with Gasteiger partial charge in [0, 0.05) is 17.9 Å². The van der Waals surface area contributed by atoms with Crippen molar-refractivity contribution in [1.82, 2.24) is 4.98 Å². The van der Waals surface area contributed by atoms with Crippen molar-refractivity contribution < 1.29 is 0 Å². The molecule has 1 unspecified atom stereocenters. The van der Waals surface area contributed by atoms with Crippen LogP contribution in [0.3, 0.4) is 0 Å². The van der Waals surface area contributed by atoms with E-state index in [2.05, 4.69) is 41.4 Å². The van der Waals surface area contributed by atoms with E-state index in [-0.39, 0.29) is 5.54 Å². The Bertz CT molecular complexity index is 550. The lowest BCUT2D eigenvalue weighted by molar-refractivity contribution is 0.398. The number of hydrogen-bond donors (Lipinski definition) is 1. The number of pyridine rings is 1. The number of rotatable bonds is 2. The highest BCUT2D eigenvalue weighted by molar-refractivity contribution is 5.36. The summed E-state index contributed by atoms with van der Waals surface area (Å²) in [5.41, 5.74) is 10.6. The first-order valence-corrected chi connectivity index (χ1v) is 7.04. The van der Waals surface area contributed by atoms with Crippen molar-refractivity contribution in [2.45, 2.75) is 37.6 Å². The molecule has 0 fully saturated rings. The zero-order valence-corrected chi connectivity index (χ0v) is 11.2. The summed E-state index contributed by atoms with van der Waals surface area (Å²) in [6.45, 7) is 0. The molecular weight excluding hydrogens is 232 g/mol. The van der Waals surface area contributed by atoms with E-state index in [1.54, 1.807) is 0 Å². The lowest BCUT2D eigenvalue weighted by atomic mass is 9.80. The molecule has 0 radical (unpaired) electrons. The zero-order valence-electron chi connectivity index (χ0n) is 11.2. The third-order valence-electron chi connectivity index (χ3n) is 4.14. The Morgan fingerprint density at radius 1 is 1.05 bits per heavy atom. The highest BCUT2D eigenvalue weighted by Gasteiger charge is 2.31. The Morgan fingerprint density at radius 2 is 1.84 bits per heavy atom. The second kappa shape index (κ2) is 5.14. The summed E-state index contributed by atoms with van der Waals surface area (Å²) in [7, 11) is 0. The summed E-state index contributed by atoms with van der Waals surface area (Å²) in [5, 5.41) is 0. The fourth-order valence-electron chi connectivity index (χ4n) is 3.16. The van der Waals surface area contributed by atoms with E-state index in [1.807, 2.05) is 12.4 Å². The van der Waals surface area contributed by atoms with Crippen LogP contribution in [-0.4, -0.2) is 4.98 Å². The smallest absolute Gasteiger partial charge is 0.0453 e. The van der Waals surface area contributed by atoms with Gasteiger partial charge in [0.25, 0.3) is 0 Å². The monoisotopic (exact) mass is 252 g/mol. The highest BCUT2D eigenvalue weighted by atomic mass is 14.7. The molecule has 2 aromatic rings. The molecule has 1 aliphatic rings. The Labute approximate surface area is 114 Å². The van der Waals surface area contributed by atoms with Crippen LogP contribution in [0, 0.1) is 0 Å². The zero-order chi connectivity index (χ0) is 13.1. The molecule has 1 aliphatic carbocycles. The number of benzene rings is 1. The van der Waals surface area contributed by atoms with Gasteiger partial charge in [-0.1, -0.05) is 30.7 Å². The molecule has 1 atom stereocenters. The summed E-state index contributed by atoms with van der Waals surface area (Å²) in [5.74, 6) is 0. The Balaban J connectivity index is 1.98. The van der Waals surface area contributed by atoms with E-state index in [1.165, 1.54) is 29.5 Å². The van der Waals surface area contributed by atoms with Crippen LogP contribution in [0.1, 0.15) is 36.0 Å². The number of nitrogens with zero attached hydrogens (tertiary/aromatic N) is 1. The summed E-state index contributed by atoms with van der Waals surface area (Å²) >= 11 is 0. The van der Waals surface area contributed by atoms with E-state index >= 15 is 0 Å². The molecular formula is C17H20N2. The van der Waals surface area contributed by atoms with Gasteiger partial charge >= 0.3 is 0 Å². The maximum atomic E-state index is 6.78. The van der Waals surface area contributed by atoms with Crippen LogP contribution < -0.4 is 5.73 Å². The first-order valence-electron chi connectivity index (χ1n) is 7.04. The summed E-state index contributed by atoms with van der Waals surface area (Å²) in [6.07, 6.45) is 9.26. The largest absolute Gasteiger partial charge is 0.321 e. The van der Waals surface area contributed by atoms with Gasteiger partial charge in [-0.3, -0.25) is 4.98 Å². The van der Waals surface area contributed by atoms with Crippen LogP contribution in [0.5, 0.6) is 0 Å². The summed E-state index contributed by atoms with van der Waals surface area (Å²) in [4.78, 5) is 4.08. The third kappa shape index (κ3) is 2.54. The number of hydrogen-bond acceptors (Lipinski definition) is 2. The number of aryl methyl sites for hydroxylation is 1. The third-order valence-corrected chi connectivity index (χ3v) is 4.14. The van der Waals surface area contributed by atoms with Crippen molar-refractivity contribution in [2.24, 2.45) is 5.73 Å². The molecule has 2 heteroatoms. The SMILES string of the molecule is NC1(Cc2ccncc2)CCCCc2ccccc21. The van der Waals surface area contributed by atoms with E-state index < -0.39 is 0 Å². The highest BCUT2D eigenvalue weighted by Crippen LogP contribution is 2.34. The Morgan fingerprint density at radius 3 is 2.68 bits per heavy atom. The van der Waals surface area contributed by atoms with Crippen molar-refractivity contribution in [3.63, 3.8) is 0 Å². The molecule has 3 rings (SSSR count). The standard InChI is InChI=1S/C17H20N2/c18-17(13-14-8-11-19-12-9-14)10-4-3-6-15-5-1-2-7-16(15)17/h1-2,5,7-9,11-12H,3-4,6,10,13,18H2. The summed E-state index contributed by atoms with van der Waals surface area (Å²) < 4.78 is 0. The predicted octanol–water partition coefficient (Wildman–Crippen LogP) is 3.20. The fourth-order valence-corrected chi connectivity index (χ4v) is 3.16. The van der Waals surface area contributed by atoms with E-state index in [9.17, 15) is 0 Å². The molecule has 0 bridgehead atoms. The number of nitrogens with two attached hydrogens (primary N) is 1. The fraction of sp³-hybridized carbons (Fsp3) is 0.353. The molecule has 0 saturated carbocycles. The van der Waals surface area contributed by atoms with Gasteiger partial charge in [0.2, 0.25) is 0 Å². The normalized spacial score (nSPS) is 22.6. The molecule has 0 spiro atoms. The molecule has 0 amide bonds. The van der Waals surface area contributed by atoms with E-state index in [0.29, 0.717) is 0 Å².